The highest BCUT2D eigenvalue weighted by Gasteiger charge is 2.21. The summed E-state index contributed by atoms with van der Waals surface area (Å²) >= 11 is 0. The second-order valence-corrected chi connectivity index (χ2v) is 5.40. The molecule has 0 amide bonds. The fraction of sp³-hybridized carbons (Fsp3) is 0.222. The van der Waals surface area contributed by atoms with Crippen molar-refractivity contribution < 1.29 is 14.3 Å². The van der Waals surface area contributed by atoms with Gasteiger partial charge in [-0.15, -0.1) is 0 Å². The monoisotopic (exact) mass is 325 g/mol. The van der Waals surface area contributed by atoms with Crippen LogP contribution < -0.4 is 10.5 Å². The summed E-state index contributed by atoms with van der Waals surface area (Å²) in [6.07, 6.45) is 2.23. The van der Waals surface area contributed by atoms with E-state index in [1.807, 2.05) is 53.1 Å². The maximum atomic E-state index is 11.7. The van der Waals surface area contributed by atoms with Crippen LogP contribution in [0.5, 0.6) is 5.75 Å². The molecule has 0 aliphatic rings. The molecule has 2 heterocycles. The molecule has 0 spiro atoms. The van der Waals surface area contributed by atoms with E-state index in [2.05, 4.69) is 0 Å². The summed E-state index contributed by atoms with van der Waals surface area (Å²) < 4.78 is 12.0. The van der Waals surface area contributed by atoms with Crippen molar-refractivity contribution in [2.45, 2.75) is 12.5 Å². The first-order valence-corrected chi connectivity index (χ1v) is 7.58. The molecule has 24 heavy (non-hydrogen) atoms. The Morgan fingerprint density at radius 1 is 1.25 bits per heavy atom. The van der Waals surface area contributed by atoms with Gasteiger partial charge in [-0.25, -0.2) is 4.98 Å². The molecule has 0 bridgehead atoms. The van der Waals surface area contributed by atoms with Crippen molar-refractivity contribution in [1.82, 2.24) is 9.38 Å². The van der Waals surface area contributed by atoms with Gasteiger partial charge in [0.05, 0.1) is 25.6 Å². The Morgan fingerprint density at radius 3 is 2.83 bits per heavy atom. The Hall–Kier alpha value is -2.86. The number of rotatable bonds is 5. The standard InChI is InChI=1S/C18H19N3O3/c1-23-13-7-5-6-12(10-13)17-15(11-14(19)18(22)24-2)21-9-4-3-8-16(21)20-17/h3-10,14H,11,19H2,1-2H3. The molecule has 0 saturated carbocycles. The molecule has 0 aliphatic carbocycles. The Bertz CT molecular complexity index is 873. The first-order chi connectivity index (χ1) is 11.6. The molecule has 2 aromatic heterocycles. The van der Waals surface area contributed by atoms with E-state index < -0.39 is 12.0 Å². The van der Waals surface area contributed by atoms with Crippen molar-refractivity contribution in [3.05, 3.63) is 54.4 Å². The predicted octanol–water partition coefficient (Wildman–Crippen LogP) is 2.05. The molecular weight excluding hydrogens is 306 g/mol. The van der Waals surface area contributed by atoms with Crippen molar-refractivity contribution >= 4 is 11.6 Å². The third kappa shape index (κ3) is 2.96. The second-order valence-electron chi connectivity index (χ2n) is 5.40. The summed E-state index contributed by atoms with van der Waals surface area (Å²) in [5.74, 6) is 0.297. The van der Waals surface area contributed by atoms with E-state index in [1.54, 1.807) is 7.11 Å². The van der Waals surface area contributed by atoms with Gasteiger partial charge in [0.2, 0.25) is 0 Å². The zero-order valence-corrected chi connectivity index (χ0v) is 13.6. The zero-order valence-electron chi connectivity index (χ0n) is 13.6. The molecule has 0 fully saturated rings. The van der Waals surface area contributed by atoms with Gasteiger partial charge in [-0.2, -0.15) is 0 Å². The number of imidazole rings is 1. The number of nitrogens with two attached hydrogens (primary N) is 1. The largest absolute Gasteiger partial charge is 0.497 e. The van der Waals surface area contributed by atoms with Crippen LogP contribution in [0.2, 0.25) is 0 Å². The molecule has 2 N–H and O–H groups in total. The predicted molar refractivity (Wildman–Crippen MR) is 90.9 cm³/mol. The van der Waals surface area contributed by atoms with Crippen LogP contribution in [-0.2, 0) is 16.0 Å². The molecule has 124 valence electrons. The molecule has 0 saturated heterocycles. The summed E-state index contributed by atoms with van der Waals surface area (Å²) in [5, 5.41) is 0. The van der Waals surface area contributed by atoms with E-state index in [1.165, 1.54) is 7.11 Å². The number of pyridine rings is 1. The molecule has 1 atom stereocenters. The van der Waals surface area contributed by atoms with Crippen LogP contribution in [0.4, 0.5) is 0 Å². The number of hydrogen-bond donors (Lipinski definition) is 1. The smallest absolute Gasteiger partial charge is 0.323 e. The maximum Gasteiger partial charge on any atom is 0.323 e. The van der Waals surface area contributed by atoms with Crippen LogP contribution in [0, 0.1) is 0 Å². The number of carbonyl (C=O) groups is 1. The summed E-state index contributed by atoms with van der Waals surface area (Å²) in [4.78, 5) is 16.4. The lowest BCUT2D eigenvalue weighted by Gasteiger charge is -2.11. The Morgan fingerprint density at radius 2 is 2.08 bits per heavy atom. The highest BCUT2D eigenvalue weighted by Crippen LogP contribution is 2.28. The van der Waals surface area contributed by atoms with Crippen LogP contribution in [0.15, 0.2) is 48.7 Å². The van der Waals surface area contributed by atoms with E-state index in [-0.39, 0.29) is 0 Å². The van der Waals surface area contributed by atoms with Gasteiger partial charge in [-0.05, 0) is 24.3 Å². The summed E-state index contributed by atoms with van der Waals surface area (Å²) in [6, 6.07) is 12.6. The Kier molecular flexibility index (Phi) is 4.48. The topological polar surface area (TPSA) is 78.8 Å². The van der Waals surface area contributed by atoms with Crippen LogP contribution in [0.3, 0.4) is 0 Å². The zero-order chi connectivity index (χ0) is 17.1. The van der Waals surface area contributed by atoms with E-state index in [0.717, 1.165) is 28.3 Å². The quantitative estimate of drug-likeness (QED) is 0.726. The van der Waals surface area contributed by atoms with Gasteiger partial charge in [-0.1, -0.05) is 18.2 Å². The van der Waals surface area contributed by atoms with E-state index in [9.17, 15) is 4.79 Å². The minimum absolute atomic E-state index is 0.324. The van der Waals surface area contributed by atoms with Crippen molar-refractivity contribution in [3.8, 4) is 17.0 Å². The molecule has 0 aliphatic heterocycles. The highest BCUT2D eigenvalue weighted by molar-refractivity contribution is 5.77. The molecule has 3 aromatic rings. The lowest BCUT2D eigenvalue weighted by atomic mass is 10.1. The third-order valence-electron chi connectivity index (χ3n) is 3.89. The van der Waals surface area contributed by atoms with E-state index in [4.69, 9.17) is 20.2 Å². The number of fused-ring (bicyclic) bond motifs is 1. The molecular formula is C18H19N3O3. The number of hydrogen-bond acceptors (Lipinski definition) is 5. The molecule has 6 heteroatoms. The fourth-order valence-electron chi connectivity index (χ4n) is 2.69. The van der Waals surface area contributed by atoms with Crippen LogP contribution in [0.1, 0.15) is 5.69 Å². The minimum atomic E-state index is -0.750. The maximum absolute atomic E-state index is 11.7. The van der Waals surface area contributed by atoms with Gasteiger partial charge in [0.25, 0.3) is 0 Å². The first kappa shape index (κ1) is 16.0. The molecule has 0 radical (unpaired) electrons. The van der Waals surface area contributed by atoms with E-state index in [0.29, 0.717) is 6.42 Å². The van der Waals surface area contributed by atoms with Gasteiger partial charge < -0.3 is 19.6 Å². The number of esters is 1. The third-order valence-corrected chi connectivity index (χ3v) is 3.89. The van der Waals surface area contributed by atoms with Gasteiger partial charge >= 0.3 is 5.97 Å². The molecule has 1 aromatic carbocycles. The van der Waals surface area contributed by atoms with Crippen molar-refractivity contribution in [2.75, 3.05) is 14.2 Å². The van der Waals surface area contributed by atoms with Crippen LogP contribution in [-0.4, -0.2) is 35.6 Å². The highest BCUT2D eigenvalue weighted by atomic mass is 16.5. The summed E-state index contributed by atoms with van der Waals surface area (Å²) in [7, 11) is 2.95. The SMILES string of the molecule is COC(=O)C(N)Cc1c(-c2cccc(OC)c2)nc2ccccn12. The summed E-state index contributed by atoms with van der Waals surface area (Å²) in [5.41, 5.74) is 9.31. The van der Waals surface area contributed by atoms with E-state index >= 15 is 0 Å². The number of benzene rings is 1. The lowest BCUT2D eigenvalue weighted by Crippen LogP contribution is -2.34. The Labute approximate surface area is 139 Å². The average molecular weight is 325 g/mol. The van der Waals surface area contributed by atoms with Crippen molar-refractivity contribution in [2.24, 2.45) is 5.73 Å². The fourth-order valence-corrected chi connectivity index (χ4v) is 2.69. The number of nitrogens with zero attached hydrogens (tertiary/aromatic N) is 2. The minimum Gasteiger partial charge on any atom is -0.497 e. The average Bonchev–Trinajstić information content (AvgIpc) is 2.99. The van der Waals surface area contributed by atoms with Crippen LogP contribution >= 0.6 is 0 Å². The normalized spacial score (nSPS) is 12.1. The lowest BCUT2D eigenvalue weighted by molar-refractivity contribution is -0.142. The van der Waals surface area contributed by atoms with Crippen molar-refractivity contribution in [3.63, 3.8) is 0 Å². The van der Waals surface area contributed by atoms with Gasteiger partial charge in [0, 0.05) is 18.2 Å². The summed E-state index contributed by atoms with van der Waals surface area (Å²) in [6.45, 7) is 0. The molecule has 1 unspecified atom stereocenters. The first-order valence-electron chi connectivity index (χ1n) is 7.58. The van der Waals surface area contributed by atoms with Gasteiger partial charge in [-0.3, -0.25) is 4.79 Å². The second kappa shape index (κ2) is 6.72. The number of aromatic nitrogens is 2. The molecule has 6 nitrogen and oxygen atoms in total. The number of methoxy groups -OCH3 is 2. The Balaban J connectivity index is 2.12. The molecule has 3 rings (SSSR count). The van der Waals surface area contributed by atoms with Crippen molar-refractivity contribution in [1.29, 1.82) is 0 Å². The van der Waals surface area contributed by atoms with Gasteiger partial charge in [0.15, 0.2) is 0 Å². The number of carbonyl (C=O) groups excluding carboxylic acids is 1. The number of ether oxygens (including phenoxy) is 2. The van der Waals surface area contributed by atoms with Crippen LogP contribution in [0.25, 0.3) is 16.9 Å². The van der Waals surface area contributed by atoms with Gasteiger partial charge in [0.1, 0.15) is 17.4 Å².